The Morgan fingerprint density at radius 2 is 1.80 bits per heavy atom. The van der Waals surface area contributed by atoms with Crippen molar-refractivity contribution < 1.29 is 49.1 Å². The normalized spacial score (nSPS) is 25.7. The van der Waals surface area contributed by atoms with Gasteiger partial charge in [-0.1, -0.05) is 13.0 Å². The first-order chi connectivity index (χ1) is 20.7. The van der Waals surface area contributed by atoms with Gasteiger partial charge in [0.2, 0.25) is 5.91 Å². The molecule has 0 radical (unpaired) electrons. The maximum absolute atomic E-state index is 14.0. The molecule has 44 heavy (non-hydrogen) atoms. The van der Waals surface area contributed by atoms with Gasteiger partial charge in [-0.2, -0.15) is 0 Å². The lowest BCUT2D eigenvalue weighted by molar-refractivity contribution is -0.147. The molecule has 0 heterocycles. The van der Waals surface area contributed by atoms with Crippen LogP contribution in [0.4, 0.5) is 0 Å². The number of esters is 2. The Hall–Kier alpha value is -4.16. The maximum atomic E-state index is 14.0. The van der Waals surface area contributed by atoms with E-state index in [-0.39, 0.29) is 66.3 Å². The number of hydrogen-bond acceptors (Lipinski definition) is 11. The van der Waals surface area contributed by atoms with Crippen molar-refractivity contribution in [3.63, 3.8) is 0 Å². The molecule has 1 amide bonds. The number of rotatable bonds is 9. The second-order valence-electron chi connectivity index (χ2n) is 11.8. The topological polar surface area (TPSA) is 197 Å². The van der Waals surface area contributed by atoms with Crippen LogP contribution < -0.4 is 5.73 Å². The first-order valence-corrected chi connectivity index (χ1v) is 14.7. The summed E-state index contributed by atoms with van der Waals surface area (Å²) >= 11 is 0. The van der Waals surface area contributed by atoms with E-state index in [2.05, 4.69) is 0 Å². The Morgan fingerprint density at radius 3 is 2.39 bits per heavy atom. The fourth-order valence-electron chi connectivity index (χ4n) is 6.80. The zero-order chi connectivity index (χ0) is 32.7. The van der Waals surface area contributed by atoms with Gasteiger partial charge in [-0.15, -0.1) is 0 Å². The molecule has 12 heteroatoms. The lowest BCUT2D eigenvalue weighted by Gasteiger charge is -2.51. The smallest absolute Gasteiger partial charge is 0.334 e. The number of ether oxygens (including phenoxy) is 2. The molecule has 3 aliphatic rings. The molecule has 6 N–H and O–H groups in total. The number of aliphatic hydroxyl groups is 3. The predicted molar refractivity (Wildman–Crippen MR) is 158 cm³/mol. The number of fused-ring (bicyclic) bond motifs is 3. The van der Waals surface area contributed by atoms with E-state index in [1.807, 2.05) is 0 Å². The van der Waals surface area contributed by atoms with Crippen LogP contribution in [0.25, 0.3) is 6.08 Å². The van der Waals surface area contributed by atoms with Gasteiger partial charge in [-0.3, -0.25) is 19.3 Å². The molecule has 0 aliphatic heterocycles. The number of phenols is 1. The number of likely N-dealkylation sites (N-methyl/N-ethyl adjacent to an activating group) is 1. The van der Waals surface area contributed by atoms with E-state index < -0.39 is 65.2 Å². The number of primary amides is 1. The number of nitrogens with zero attached hydrogens (tertiary/aromatic N) is 1. The SMILES string of the molecule is CCOC(=O)/C(=C\c1ccc(O)c2c1CC1CC3C(N(C)C)C(O)=C(C(N)=O)CC3(O)C(O)=C1C2=O)CC(C)C(=O)OCC. The number of aromatic hydroxyl groups is 1. The number of carbonyl (C=O) groups is 4. The van der Waals surface area contributed by atoms with Crippen molar-refractivity contribution in [2.45, 2.75) is 58.1 Å². The van der Waals surface area contributed by atoms with E-state index in [1.54, 1.807) is 45.8 Å². The Morgan fingerprint density at radius 1 is 1.14 bits per heavy atom. The van der Waals surface area contributed by atoms with Crippen LogP contribution in [-0.2, 0) is 30.3 Å². The summed E-state index contributed by atoms with van der Waals surface area (Å²) in [6.07, 6.45) is 1.34. The summed E-state index contributed by atoms with van der Waals surface area (Å²) in [5.74, 6) is -6.17. The largest absolute Gasteiger partial charge is 0.510 e. The van der Waals surface area contributed by atoms with Gasteiger partial charge >= 0.3 is 11.9 Å². The summed E-state index contributed by atoms with van der Waals surface area (Å²) < 4.78 is 10.3. The van der Waals surface area contributed by atoms with Crippen molar-refractivity contribution in [3.05, 3.63) is 57.1 Å². The van der Waals surface area contributed by atoms with Crippen LogP contribution in [0, 0.1) is 17.8 Å². The molecule has 3 aliphatic carbocycles. The number of carbonyl (C=O) groups excluding carboxylic acids is 4. The van der Waals surface area contributed by atoms with E-state index >= 15 is 0 Å². The minimum atomic E-state index is -2.07. The molecule has 4 rings (SSSR count). The molecule has 5 unspecified atom stereocenters. The van der Waals surface area contributed by atoms with E-state index in [1.165, 1.54) is 12.1 Å². The molecule has 0 fully saturated rings. The molecular formula is C32H40N2O10. The molecule has 1 aromatic carbocycles. The average Bonchev–Trinajstić information content (AvgIpc) is 2.94. The molecule has 1 aromatic rings. The first-order valence-electron chi connectivity index (χ1n) is 14.7. The second-order valence-corrected chi connectivity index (χ2v) is 11.8. The quantitative estimate of drug-likeness (QED) is 0.203. The van der Waals surface area contributed by atoms with Crippen LogP contribution in [0.1, 0.15) is 61.5 Å². The highest BCUT2D eigenvalue weighted by atomic mass is 16.5. The third kappa shape index (κ3) is 5.59. The van der Waals surface area contributed by atoms with E-state index in [0.29, 0.717) is 11.1 Å². The zero-order valence-corrected chi connectivity index (χ0v) is 25.5. The molecule has 0 bridgehead atoms. The minimum absolute atomic E-state index is 0.00403. The molecule has 5 atom stereocenters. The fraction of sp³-hybridized carbons (Fsp3) is 0.500. The number of phenolic OH excluding ortho intramolecular Hbond substituents is 1. The van der Waals surface area contributed by atoms with Crippen molar-refractivity contribution in [2.24, 2.45) is 23.5 Å². The van der Waals surface area contributed by atoms with Crippen LogP contribution in [0.2, 0.25) is 0 Å². The molecule has 0 aromatic heterocycles. The van der Waals surface area contributed by atoms with Crippen LogP contribution in [0.3, 0.4) is 0 Å². The van der Waals surface area contributed by atoms with Gasteiger partial charge in [0.15, 0.2) is 5.78 Å². The molecule has 12 nitrogen and oxygen atoms in total. The number of ketones is 1. The van der Waals surface area contributed by atoms with Crippen molar-refractivity contribution in [1.29, 1.82) is 0 Å². The van der Waals surface area contributed by atoms with Crippen molar-refractivity contribution >= 4 is 29.7 Å². The number of hydrogen-bond donors (Lipinski definition) is 5. The van der Waals surface area contributed by atoms with E-state index in [4.69, 9.17) is 15.2 Å². The third-order valence-corrected chi connectivity index (χ3v) is 8.83. The minimum Gasteiger partial charge on any atom is -0.510 e. The molecule has 0 saturated heterocycles. The van der Waals surface area contributed by atoms with E-state index in [9.17, 15) is 39.6 Å². The number of allylic oxidation sites excluding steroid dienone is 1. The highest BCUT2D eigenvalue weighted by Gasteiger charge is 2.58. The van der Waals surface area contributed by atoms with Crippen LogP contribution in [0.15, 0.2) is 40.4 Å². The number of Topliss-reactive ketones (excluding diaryl/α,β-unsaturated/α-hetero) is 1. The summed E-state index contributed by atoms with van der Waals surface area (Å²) in [5.41, 5.74) is 4.04. The predicted octanol–water partition coefficient (Wildman–Crippen LogP) is 2.48. The number of aliphatic hydroxyl groups excluding tert-OH is 2. The van der Waals surface area contributed by atoms with Gasteiger partial charge in [-0.05, 0) is 76.4 Å². The fourth-order valence-corrected chi connectivity index (χ4v) is 6.80. The lowest BCUT2D eigenvalue weighted by atomic mass is 9.59. The van der Waals surface area contributed by atoms with Crippen molar-refractivity contribution in [3.8, 4) is 5.75 Å². The summed E-state index contributed by atoms with van der Waals surface area (Å²) in [5, 5.41) is 45.2. The third-order valence-electron chi connectivity index (χ3n) is 8.83. The standard InChI is InChI=1S/C32H40N2O10/c1-6-43-30(40)15(3)10-18(31(41)44-7-2)11-16-8-9-22(35)24-19(16)12-17-13-21-25(34(4)5)26(36)20(29(33)39)14-32(21,42)28(38)23(17)27(24)37/h8-9,11,15,17,21,25,35-36,38,42H,6-7,10,12-14H2,1-5H3,(H2,33,39)/b18-11-. The van der Waals surface area contributed by atoms with Gasteiger partial charge in [0.05, 0.1) is 36.3 Å². The summed E-state index contributed by atoms with van der Waals surface area (Å²) in [4.78, 5) is 53.0. The Labute approximate surface area is 255 Å². The number of benzene rings is 1. The van der Waals surface area contributed by atoms with E-state index in [0.717, 1.165) is 0 Å². The highest BCUT2D eigenvalue weighted by Crippen LogP contribution is 2.53. The monoisotopic (exact) mass is 612 g/mol. The highest BCUT2D eigenvalue weighted by molar-refractivity contribution is 6.14. The van der Waals surface area contributed by atoms with Crippen LogP contribution in [0.5, 0.6) is 5.75 Å². The Kier molecular flexibility index (Phi) is 9.26. The molecular weight excluding hydrogens is 572 g/mol. The van der Waals surface area contributed by atoms with Gasteiger partial charge in [0.25, 0.3) is 0 Å². The summed E-state index contributed by atoms with van der Waals surface area (Å²) in [6, 6.07) is 1.97. The summed E-state index contributed by atoms with van der Waals surface area (Å²) in [6.45, 7) is 5.25. The molecule has 238 valence electrons. The Bertz CT molecular complexity index is 1490. The van der Waals surface area contributed by atoms with Gasteiger partial charge in [0.1, 0.15) is 22.9 Å². The first kappa shape index (κ1) is 32.7. The number of amides is 1. The number of nitrogens with two attached hydrogens (primary N) is 1. The van der Waals surface area contributed by atoms with Crippen LogP contribution >= 0.6 is 0 Å². The maximum Gasteiger partial charge on any atom is 0.334 e. The van der Waals surface area contributed by atoms with Gasteiger partial charge in [0, 0.05) is 23.5 Å². The zero-order valence-electron chi connectivity index (χ0n) is 25.5. The average molecular weight is 613 g/mol. The molecule has 0 saturated carbocycles. The molecule has 0 spiro atoms. The van der Waals surface area contributed by atoms with Gasteiger partial charge in [-0.25, -0.2) is 4.79 Å². The van der Waals surface area contributed by atoms with Crippen molar-refractivity contribution in [2.75, 3.05) is 27.3 Å². The van der Waals surface area contributed by atoms with Gasteiger partial charge < -0.3 is 35.6 Å². The second kappa shape index (κ2) is 12.4. The summed E-state index contributed by atoms with van der Waals surface area (Å²) in [7, 11) is 3.30. The Balaban J connectivity index is 1.84. The lowest BCUT2D eigenvalue weighted by Crippen LogP contribution is -2.59. The van der Waals surface area contributed by atoms with Crippen molar-refractivity contribution in [1.82, 2.24) is 4.90 Å². The van der Waals surface area contributed by atoms with Crippen LogP contribution in [-0.4, -0.2) is 87.9 Å².